The van der Waals surface area contributed by atoms with Gasteiger partial charge < -0.3 is 9.52 Å². The average molecular weight is 208 g/mol. The van der Waals surface area contributed by atoms with E-state index in [0.717, 1.165) is 12.0 Å². The van der Waals surface area contributed by atoms with Crippen LogP contribution in [0.25, 0.3) is 11.2 Å². The van der Waals surface area contributed by atoms with E-state index in [2.05, 4.69) is 4.98 Å². The van der Waals surface area contributed by atoms with Crippen LogP contribution >= 0.6 is 0 Å². The summed E-state index contributed by atoms with van der Waals surface area (Å²) >= 11 is 0. The molecule has 15 heavy (non-hydrogen) atoms. The number of fused-ring (bicyclic) bond motifs is 1. The number of aryl methyl sites for hydroxylation is 2. The van der Waals surface area contributed by atoms with Crippen molar-refractivity contribution >= 4 is 11.2 Å². The van der Waals surface area contributed by atoms with Crippen LogP contribution in [0.4, 0.5) is 0 Å². The third-order valence-electron chi connectivity index (χ3n) is 2.30. The predicted octanol–water partition coefficient (Wildman–Crippen LogP) is 0.451. The summed E-state index contributed by atoms with van der Waals surface area (Å²) in [6.07, 6.45) is 3.12. The molecule has 0 spiro atoms. The average Bonchev–Trinajstić information content (AvgIpc) is 2.52. The molecule has 0 aliphatic rings. The summed E-state index contributed by atoms with van der Waals surface area (Å²) in [5, 5.41) is 8.69. The molecular weight excluding hydrogens is 196 g/mol. The molecule has 0 unspecified atom stereocenters. The van der Waals surface area contributed by atoms with Gasteiger partial charge in [-0.3, -0.25) is 4.57 Å². The van der Waals surface area contributed by atoms with E-state index in [1.54, 1.807) is 19.3 Å². The normalized spacial score (nSPS) is 11.1. The molecule has 0 bridgehead atoms. The van der Waals surface area contributed by atoms with E-state index < -0.39 is 5.76 Å². The fraction of sp³-hybridized carbons (Fsp3) is 0.400. The SMILES string of the molecule is Cn1c(=O)oc2cc(CCCO)cnc21. The number of pyridine rings is 1. The maximum Gasteiger partial charge on any atom is 0.420 e. The Bertz CT molecular complexity index is 527. The first kappa shape index (κ1) is 9.92. The summed E-state index contributed by atoms with van der Waals surface area (Å²) in [4.78, 5) is 15.3. The number of rotatable bonds is 3. The summed E-state index contributed by atoms with van der Waals surface area (Å²) < 4.78 is 6.37. The minimum absolute atomic E-state index is 0.150. The molecule has 2 aromatic heterocycles. The molecule has 2 rings (SSSR count). The zero-order chi connectivity index (χ0) is 10.8. The molecule has 0 aliphatic heterocycles. The van der Waals surface area contributed by atoms with E-state index in [0.29, 0.717) is 17.7 Å². The van der Waals surface area contributed by atoms with Gasteiger partial charge in [-0.15, -0.1) is 0 Å². The molecule has 0 amide bonds. The Kier molecular flexibility index (Phi) is 2.55. The van der Waals surface area contributed by atoms with E-state index in [4.69, 9.17) is 9.52 Å². The number of oxazole rings is 1. The van der Waals surface area contributed by atoms with Gasteiger partial charge in [-0.1, -0.05) is 0 Å². The zero-order valence-corrected chi connectivity index (χ0v) is 8.43. The molecule has 0 saturated carbocycles. The fourth-order valence-corrected chi connectivity index (χ4v) is 1.47. The molecule has 5 nitrogen and oxygen atoms in total. The van der Waals surface area contributed by atoms with E-state index in [9.17, 15) is 4.79 Å². The highest BCUT2D eigenvalue weighted by atomic mass is 16.4. The van der Waals surface area contributed by atoms with Crippen LogP contribution in [0.15, 0.2) is 21.5 Å². The lowest BCUT2D eigenvalue weighted by Gasteiger charge is -1.98. The van der Waals surface area contributed by atoms with Crippen molar-refractivity contribution in [2.45, 2.75) is 12.8 Å². The van der Waals surface area contributed by atoms with E-state index >= 15 is 0 Å². The Morgan fingerprint density at radius 1 is 1.60 bits per heavy atom. The Morgan fingerprint density at radius 2 is 2.40 bits per heavy atom. The van der Waals surface area contributed by atoms with Crippen molar-refractivity contribution < 1.29 is 9.52 Å². The van der Waals surface area contributed by atoms with Crippen LogP contribution in [0.1, 0.15) is 12.0 Å². The van der Waals surface area contributed by atoms with Crippen LogP contribution in [0, 0.1) is 0 Å². The van der Waals surface area contributed by atoms with Gasteiger partial charge in [0.05, 0.1) is 0 Å². The van der Waals surface area contributed by atoms with Crippen LogP contribution < -0.4 is 5.76 Å². The second-order valence-corrected chi connectivity index (χ2v) is 3.42. The van der Waals surface area contributed by atoms with Gasteiger partial charge in [0, 0.05) is 19.9 Å². The third-order valence-corrected chi connectivity index (χ3v) is 2.30. The molecule has 0 aromatic carbocycles. The second kappa shape index (κ2) is 3.86. The minimum atomic E-state index is -0.406. The molecule has 1 N–H and O–H groups in total. The minimum Gasteiger partial charge on any atom is -0.406 e. The van der Waals surface area contributed by atoms with Crippen molar-refractivity contribution in [2.24, 2.45) is 7.05 Å². The fourth-order valence-electron chi connectivity index (χ4n) is 1.47. The maximum absolute atomic E-state index is 11.2. The Hall–Kier alpha value is -1.62. The van der Waals surface area contributed by atoms with Gasteiger partial charge in [-0.2, -0.15) is 0 Å². The smallest absolute Gasteiger partial charge is 0.406 e. The first-order chi connectivity index (χ1) is 7.22. The van der Waals surface area contributed by atoms with Gasteiger partial charge in [0.15, 0.2) is 11.2 Å². The molecule has 5 heteroatoms. The molecular formula is C10H12N2O3. The van der Waals surface area contributed by atoms with Crippen LogP contribution in [0.2, 0.25) is 0 Å². The molecule has 0 aliphatic carbocycles. The number of aromatic nitrogens is 2. The summed E-state index contributed by atoms with van der Waals surface area (Å²) in [7, 11) is 1.62. The van der Waals surface area contributed by atoms with Crippen LogP contribution in [0.3, 0.4) is 0 Å². The van der Waals surface area contributed by atoms with Gasteiger partial charge in [0.2, 0.25) is 0 Å². The molecule has 2 heterocycles. The Balaban J connectivity index is 2.43. The third kappa shape index (κ3) is 1.78. The Labute approximate surface area is 86.0 Å². The molecule has 0 atom stereocenters. The predicted molar refractivity (Wildman–Crippen MR) is 54.7 cm³/mol. The lowest BCUT2D eigenvalue weighted by molar-refractivity contribution is 0.288. The molecule has 2 aromatic rings. The van der Waals surface area contributed by atoms with Gasteiger partial charge in [0.1, 0.15) is 0 Å². The lowest BCUT2D eigenvalue weighted by Crippen LogP contribution is -2.08. The van der Waals surface area contributed by atoms with Crippen molar-refractivity contribution in [2.75, 3.05) is 6.61 Å². The van der Waals surface area contributed by atoms with Crippen molar-refractivity contribution in [3.05, 3.63) is 28.4 Å². The molecule has 0 saturated heterocycles. The maximum atomic E-state index is 11.2. The number of hydrogen-bond donors (Lipinski definition) is 1. The number of aliphatic hydroxyl groups excluding tert-OH is 1. The standard InChI is InChI=1S/C10H12N2O3/c1-12-9-8(15-10(12)14)5-7(6-11-9)3-2-4-13/h5-6,13H,2-4H2,1H3. The molecule has 0 radical (unpaired) electrons. The zero-order valence-electron chi connectivity index (χ0n) is 8.43. The van der Waals surface area contributed by atoms with Crippen molar-refractivity contribution in [1.82, 2.24) is 9.55 Å². The van der Waals surface area contributed by atoms with Crippen molar-refractivity contribution in [3.63, 3.8) is 0 Å². The summed E-state index contributed by atoms with van der Waals surface area (Å²) in [5.74, 6) is -0.406. The van der Waals surface area contributed by atoms with Crippen LogP contribution in [0.5, 0.6) is 0 Å². The first-order valence-corrected chi connectivity index (χ1v) is 4.77. The highest BCUT2D eigenvalue weighted by molar-refractivity contribution is 5.68. The topological polar surface area (TPSA) is 68.3 Å². The number of nitrogens with zero attached hydrogens (tertiary/aromatic N) is 2. The number of aliphatic hydroxyl groups is 1. The summed E-state index contributed by atoms with van der Waals surface area (Å²) in [6, 6.07) is 1.79. The highest BCUT2D eigenvalue weighted by Gasteiger charge is 2.07. The van der Waals surface area contributed by atoms with E-state index in [1.807, 2.05) is 0 Å². The highest BCUT2D eigenvalue weighted by Crippen LogP contribution is 2.12. The van der Waals surface area contributed by atoms with Gasteiger partial charge in [0.25, 0.3) is 0 Å². The van der Waals surface area contributed by atoms with Crippen molar-refractivity contribution in [3.8, 4) is 0 Å². The van der Waals surface area contributed by atoms with E-state index in [-0.39, 0.29) is 6.61 Å². The van der Waals surface area contributed by atoms with Crippen LogP contribution in [-0.4, -0.2) is 21.3 Å². The van der Waals surface area contributed by atoms with Gasteiger partial charge in [-0.05, 0) is 24.5 Å². The first-order valence-electron chi connectivity index (χ1n) is 4.77. The quantitative estimate of drug-likeness (QED) is 0.795. The summed E-state index contributed by atoms with van der Waals surface area (Å²) in [5.41, 5.74) is 2.01. The van der Waals surface area contributed by atoms with Gasteiger partial charge >= 0.3 is 5.76 Å². The second-order valence-electron chi connectivity index (χ2n) is 3.42. The van der Waals surface area contributed by atoms with Gasteiger partial charge in [-0.25, -0.2) is 9.78 Å². The van der Waals surface area contributed by atoms with Crippen LogP contribution in [-0.2, 0) is 13.5 Å². The summed E-state index contributed by atoms with van der Waals surface area (Å²) in [6.45, 7) is 0.150. The number of hydrogen-bond acceptors (Lipinski definition) is 4. The Morgan fingerprint density at radius 3 is 3.13 bits per heavy atom. The van der Waals surface area contributed by atoms with E-state index in [1.165, 1.54) is 4.57 Å². The van der Waals surface area contributed by atoms with Crippen molar-refractivity contribution in [1.29, 1.82) is 0 Å². The monoisotopic (exact) mass is 208 g/mol. The molecule has 0 fully saturated rings. The lowest BCUT2D eigenvalue weighted by atomic mass is 10.2. The largest absolute Gasteiger partial charge is 0.420 e. The molecule has 80 valence electrons.